The number of rotatable bonds is 4. The van der Waals surface area contributed by atoms with E-state index in [1.165, 1.54) is 30.0 Å². The number of alkyl halides is 6. The highest BCUT2D eigenvalue weighted by Gasteiger charge is 2.34. The summed E-state index contributed by atoms with van der Waals surface area (Å²) in [6.07, 6.45) is -8.08. The molecule has 2 aromatic heterocycles. The van der Waals surface area contributed by atoms with Gasteiger partial charge >= 0.3 is 12.4 Å². The van der Waals surface area contributed by atoms with Crippen molar-refractivity contribution in [2.75, 3.05) is 5.75 Å². The Morgan fingerprint density at radius 2 is 1.83 bits per heavy atom. The Morgan fingerprint density at radius 3 is 2.41 bits per heavy atom. The van der Waals surface area contributed by atoms with Crippen LogP contribution >= 0.6 is 11.8 Å². The van der Waals surface area contributed by atoms with Gasteiger partial charge in [0.15, 0.2) is 0 Å². The fraction of sp³-hybridized carbons (Fsp3) is 0.263. The lowest BCUT2D eigenvalue weighted by atomic mass is 10.0. The van der Waals surface area contributed by atoms with Crippen molar-refractivity contribution in [1.82, 2.24) is 14.5 Å². The van der Waals surface area contributed by atoms with Crippen molar-refractivity contribution in [1.29, 1.82) is 0 Å². The monoisotopic (exact) mass is 431 g/mol. The number of hydrogen-bond donors (Lipinski definition) is 0. The standard InChI is InChI=1S/C19H15F6N3S/c1-4-29-15-7-11(10(2)18(20,21)22)5-6-12(15)17-27-13-8-16(19(23,24)25)26-9-14(13)28(17)3/h5-9H,2,4H2,1,3H3. The van der Waals surface area contributed by atoms with E-state index in [4.69, 9.17) is 0 Å². The SMILES string of the molecule is C=C(c1ccc(-c2nc3cc(C(F)(F)F)ncc3n2C)c(SCC)c1)C(F)(F)F. The number of hydrogen-bond acceptors (Lipinski definition) is 3. The summed E-state index contributed by atoms with van der Waals surface area (Å²) in [6, 6.07) is 4.98. The average molecular weight is 431 g/mol. The maximum absolute atomic E-state index is 13.0. The van der Waals surface area contributed by atoms with Gasteiger partial charge < -0.3 is 4.57 Å². The molecule has 2 heterocycles. The van der Waals surface area contributed by atoms with Crippen molar-refractivity contribution in [2.24, 2.45) is 7.05 Å². The summed E-state index contributed by atoms with van der Waals surface area (Å²) in [6.45, 7) is 4.96. The second-order valence-corrected chi connectivity index (χ2v) is 7.48. The van der Waals surface area contributed by atoms with Crippen LogP contribution in [0.5, 0.6) is 0 Å². The molecule has 0 saturated carbocycles. The molecule has 3 rings (SSSR count). The van der Waals surface area contributed by atoms with Crippen LogP contribution < -0.4 is 0 Å². The van der Waals surface area contributed by atoms with Crippen molar-refractivity contribution in [3.05, 3.63) is 48.3 Å². The second-order valence-electron chi connectivity index (χ2n) is 6.17. The minimum atomic E-state index is -4.60. The number of allylic oxidation sites excluding steroid dienone is 1. The molecular formula is C19H15F6N3S. The van der Waals surface area contributed by atoms with E-state index < -0.39 is 23.6 Å². The highest BCUT2D eigenvalue weighted by Crippen LogP contribution is 2.38. The topological polar surface area (TPSA) is 30.7 Å². The molecular weight excluding hydrogens is 416 g/mol. The Hall–Kier alpha value is -2.49. The van der Waals surface area contributed by atoms with E-state index in [1.54, 1.807) is 11.6 Å². The highest BCUT2D eigenvalue weighted by atomic mass is 32.2. The lowest BCUT2D eigenvalue weighted by molar-refractivity contribution is -0.141. The van der Waals surface area contributed by atoms with Gasteiger partial charge in [-0.3, -0.25) is 0 Å². The molecule has 10 heteroatoms. The van der Waals surface area contributed by atoms with E-state index in [2.05, 4.69) is 16.5 Å². The third kappa shape index (κ3) is 4.12. The van der Waals surface area contributed by atoms with Gasteiger partial charge in [-0.05, 0) is 29.5 Å². The van der Waals surface area contributed by atoms with Crippen LogP contribution in [0.2, 0.25) is 0 Å². The molecule has 0 atom stereocenters. The largest absolute Gasteiger partial charge is 0.433 e. The van der Waals surface area contributed by atoms with Crippen molar-refractivity contribution >= 4 is 28.4 Å². The first-order chi connectivity index (χ1) is 13.4. The van der Waals surface area contributed by atoms with Gasteiger partial charge in [0, 0.05) is 17.5 Å². The molecule has 0 aliphatic rings. The van der Waals surface area contributed by atoms with Crippen LogP contribution in [0.1, 0.15) is 18.2 Å². The number of nitrogens with zero attached hydrogens (tertiary/aromatic N) is 3. The van der Waals surface area contributed by atoms with Gasteiger partial charge in [-0.2, -0.15) is 26.3 Å². The molecule has 154 valence electrons. The number of aryl methyl sites for hydroxylation is 1. The molecule has 0 amide bonds. The van der Waals surface area contributed by atoms with Crippen LogP contribution in [0.3, 0.4) is 0 Å². The molecule has 0 radical (unpaired) electrons. The van der Waals surface area contributed by atoms with Crippen LogP contribution in [-0.4, -0.2) is 26.5 Å². The highest BCUT2D eigenvalue weighted by molar-refractivity contribution is 7.99. The molecule has 1 aromatic carbocycles. The Kier molecular flexibility index (Phi) is 5.42. The van der Waals surface area contributed by atoms with Crippen LogP contribution in [0, 0.1) is 0 Å². The minimum absolute atomic E-state index is 0.0722. The Bertz CT molecular complexity index is 1080. The predicted octanol–water partition coefficient (Wildman–Crippen LogP) is 6.34. The fourth-order valence-corrected chi connectivity index (χ4v) is 3.65. The van der Waals surface area contributed by atoms with Crippen molar-refractivity contribution in [3.63, 3.8) is 0 Å². The van der Waals surface area contributed by atoms with E-state index in [0.717, 1.165) is 12.3 Å². The fourth-order valence-electron chi connectivity index (χ4n) is 2.82. The lowest BCUT2D eigenvalue weighted by Crippen LogP contribution is -2.09. The molecule has 29 heavy (non-hydrogen) atoms. The zero-order valence-corrected chi connectivity index (χ0v) is 16.1. The summed E-state index contributed by atoms with van der Waals surface area (Å²) in [7, 11) is 1.61. The minimum Gasteiger partial charge on any atom is -0.326 e. The van der Waals surface area contributed by atoms with Gasteiger partial charge in [0.1, 0.15) is 11.5 Å². The first-order valence-corrected chi connectivity index (χ1v) is 9.35. The van der Waals surface area contributed by atoms with Crippen LogP contribution in [-0.2, 0) is 13.2 Å². The van der Waals surface area contributed by atoms with E-state index in [0.29, 0.717) is 27.6 Å². The van der Waals surface area contributed by atoms with Gasteiger partial charge in [0.2, 0.25) is 0 Å². The molecule has 3 aromatic rings. The van der Waals surface area contributed by atoms with Gasteiger partial charge in [0.25, 0.3) is 0 Å². The first-order valence-electron chi connectivity index (χ1n) is 8.36. The van der Waals surface area contributed by atoms with Crippen LogP contribution in [0.4, 0.5) is 26.3 Å². The first kappa shape index (κ1) is 21.2. The summed E-state index contributed by atoms with van der Waals surface area (Å²) in [4.78, 5) is 8.26. The molecule has 0 fully saturated rings. The summed E-state index contributed by atoms with van der Waals surface area (Å²) >= 11 is 1.31. The maximum Gasteiger partial charge on any atom is 0.433 e. The summed E-state index contributed by atoms with van der Waals surface area (Å²) in [5.41, 5.74) is -1.11. The molecule has 0 bridgehead atoms. The van der Waals surface area contributed by atoms with Gasteiger partial charge in [-0.15, -0.1) is 11.8 Å². The Labute approximate surface area is 166 Å². The molecule has 0 spiro atoms. The van der Waals surface area contributed by atoms with E-state index in [-0.39, 0.29) is 11.1 Å². The summed E-state index contributed by atoms with van der Waals surface area (Å²) in [5.74, 6) is 0.916. The number of thioether (sulfide) groups is 1. The van der Waals surface area contributed by atoms with Gasteiger partial charge in [-0.1, -0.05) is 19.6 Å². The average Bonchev–Trinajstić information content (AvgIpc) is 2.96. The number of imidazole rings is 1. The number of halogens is 6. The smallest absolute Gasteiger partial charge is 0.326 e. The van der Waals surface area contributed by atoms with Gasteiger partial charge in [-0.25, -0.2) is 9.97 Å². The summed E-state index contributed by atoms with van der Waals surface area (Å²) in [5, 5.41) is 0. The van der Waals surface area contributed by atoms with Crippen molar-refractivity contribution in [3.8, 4) is 11.4 Å². The predicted molar refractivity (Wildman–Crippen MR) is 100 cm³/mol. The normalized spacial score (nSPS) is 12.6. The summed E-state index contributed by atoms with van der Waals surface area (Å²) < 4.78 is 79.3. The third-order valence-corrected chi connectivity index (χ3v) is 5.21. The number of aromatic nitrogens is 3. The van der Waals surface area contributed by atoms with Gasteiger partial charge in [0.05, 0.1) is 22.8 Å². The lowest BCUT2D eigenvalue weighted by Gasteiger charge is -2.14. The van der Waals surface area contributed by atoms with E-state index >= 15 is 0 Å². The number of benzene rings is 1. The van der Waals surface area contributed by atoms with Crippen LogP contribution in [0.15, 0.2) is 41.9 Å². The Morgan fingerprint density at radius 1 is 1.14 bits per heavy atom. The molecule has 0 aliphatic heterocycles. The zero-order valence-electron chi connectivity index (χ0n) is 15.3. The molecule has 0 saturated heterocycles. The Balaban J connectivity index is 2.15. The molecule has 3 nitrogen and oxygen atoms in total. The molecule has 0 N–H and O–H groups in total. The van der Waals surface area contributed by atoms with Crippen molar-refractivity contribution < 1.29 is 26.3 Å². The maximum atomic E-state index is 13.0. The second kappa shape index (κ2) is 7.40. The quantitative estimate of drug-likeness (QED) is 0.357. The van der Waals surface area contributed by atoms with E-state index in [1.807, 2.05) is 6.92 Å². The van der Waals surface area contributed by atoms with Crippen molar-refractivity contribution in [2.45, 2.75) is 24.2 Å². The number of pyridine rings is 1. The molecule has 0 unspecified atom stereocenters. The molecule has 0 aliphatic carbocycles. The van der Waals surface area contributed by atoms with E-state index in [9.17, 15) is 26.3 Å². The number of fused-ring (bicyclic) bond motifs is 1. The van der Waals surface area contributed by atoms with Crippen LogP contribution in [0.25, 0.3) is 28.0 Å². The third-order valence-electron chi connectivity index (χ3n) is 4.27. The zero-order chi connectivity index (χ0) is 21.6.